The second-order valence-electron chi connectivity index (χ2n) is 4.57. The van der Waals surface area contributed by atoms with E-state index in [0.29, 0.717) is 24.1 Å². The summed E-state index contributed by atoms with van der Waals surface area (Å²) in [4.78, 5) is 21.6. The third-order valence-electron chi connectivity index (χ3n) is 3.49. The fraction of sp³-hybridized carbons (Fsp3) is 0.417. The van der Waals surface area contributed by atoms with Crippen LogP contribution in [0.15, 0.2) is 18.2 Å². The first-order chi connectivity index (χ1) is 8.46. The first-order valence-corrected chi connectivity index (χ1v) is 5.72. The predicted octanol–water partition coefficient (Wildman–Crippen LogP) is 2.32. The second kappa shape index (κ2) is 4.29. The Morgan fingerprint density at radius 3 is 2.61 bits per heavy atom. The molecular weight excluding hydrogens is 236 g/mol. The Balaban J connectivity index is 2.32. The molecule has 1 aromatic carbocycles. The van der Waals surface area contributed by atoms with Gasteiger partial charge in [-0.2, -0.15) is 0 Å². The van der Waals surface area contributed by atoms with E-state index in [-0.39, 0.29) is 5.69 Å². The van der Waals surface area contributed by atoms with Gasteiger partial charge in [0.1, 0.15) is 5.54 Å². The molecule has 2 N–H and O–H groups in total. The van der Waals surface area contributed by atoms with Crippen molar-refractivity contribution in [3.8, 4) is 0 Å². The molecule has 0 bridgehead atoms. The van der Waals surface area contributed by atoms with E-state index in [1.54, 1.807) is 19.1 Å². The van der Waals surface area contributed by atoms with Crippen molar-refractivity contribution >= 4 is 17.3 Å². The van der Waals surface area contributed by atoms with Crippen LogP contribution in [-0.4, -0.2) is 21.5 Å². The van der Waals surface area contributed by atoms with Crippen LogP contribution < -0.4 is 5.32 Å². The zero-order chi connectivity index (χ0) is 13.3. The molecule has 1 aliphatic rings. The topological polar surface area (TPSA) is 92.5 Å². The van der Waals surface area contributed by atoms with Crippen molar-refractivity contribution in [1.29, 1.82) is 0 Å². The summed E-state index contributed by atoms with van der Waals surface area (Å²) in [5.41, 5.74) is 0.0289. The van der Waals surface area contributed by atoms with Gasteiger partial charge in [0.25, 0.3) is 5.69 Å². The normalized spacial score (nSPS) is 16.7. The number of anilines is 1. The lowest BCUT2D eigenvalue weighted by Gasteiger charge is -2.39. The molecule has 1 aromatic rings. The summed E-state index contributed by atoms with van der Waals surface area (Å²) in [5.74, 6) is -0.903. The standard InChI is InChI=1S/C12H14N2O4/c1-8-9(4-2-5-10(8)14(17)18)13-12(11(15)16)6-3-7-12/h2,4-5,13H,3,6-7H2,1H3,(H,15,16). The molecule has 2 rings (SSSR count). The van der Waals surface area contributed by atoms with Gasteiger partial charge in [-0.1, -0.05) is 6.07 Å². The predicted molar refractivity (Wildman–Crippen MR) is 65.7 cm³/mol. The number of nitro groups is 1. The summed E-state index contributed by atoms with van der Waals surface area (Å²) in [6, 6.07) is 4.64. The Hall–Kier alpha value is -2.11. The van der Waals surface area contributed by atoms with Gasteiger partial charge in [-0.3, -0.25) is 10.1 Å². The van der Waals surface area contributed by atoms with E-state index in [1.807, 2.05) is 0 Å². The smallest absolute Gasteiger partial charge is 0.329 e. The molecule has 1 saturated carbocycles. The third-order valence-corrected chi connectivity index (χ3v) is 3.49. The van der Waals surface area contributed by atoms with Crippen LogP contribution in [0.25, 0.3) is 0 Å². The molecule has 1 fully saturated rings. The first kappa shape index (κ1) is 12.3. The van der Waals surface area contributed by atoms with Crippen LogP contribution >= 0.6 is 0 Å². The summed E-state index contributed by atoms with van der Waals surface area (Å²) in [6.45, 7) is 1.62. The molecular formula is C12H14N2O4. The van der Waals surface area contributed by atoms with Gasteiger partial charge >= 0.3 is 5.97 Å². The summed E-state index contributed by atoms with van der Waals surface area (Å²) in [7, 11) is 0. The van der Waals surface area contributed by atoms with Gasteiger partial charge in [-0.25, -0.2) is 4.79 Å². The Bertz CT molecular complexity index is 509. The average Bonchev–Trinajstić information content (AvgIpc) is 2.24. The van der Waals surface area contributed by atoms with Crippen LogP contribution in [0.1, 0.15) is 24.8 Å². The highest BCUT2D eigenvalue weighted by Crippen LogP contribution is 2.37. The second-order valence-corrected chi connectivity index (χ2v) is 4.57. The van der Waals surface area contributed by atoms with Crippen LogP contribution in [0.2, 0.25) is 0 Å². The van der Waals surface area contributed by atoms with Gasteiger partial charge in [-0.15, -0.1) is 0 Å². The first-order valence-electron chi connectivity index (χ1n) is 5.72. The fourth-order valence-electron chi connectivity index (χ4n) is 2.14. The van der Waals surface area contributed by atoms with Crippen LogP contribution in [0.4, 0.5) is 11.4 Å². The van der Waals surface area contributed by atoms with Crippen molar-refractivity contribution in [2.24, 2.45) is 0 Å². The van der Waals surface area contributed by atoms with E-state index in [1.165, 1.54) is 6.07 Å². The number of carboxylic acids is 1. The van der Waals surface area contributed by atoms with Crippen molar-refractivity contribution in [3.63, 3.8) is 0 Å². The maximum atomic E-state index is 11.2. The molecule has 0 unspecified atom stereocenters. The van der Waals surface area contributed by atoms with Crippen molar-refractivity contribution in [1.82, 2.24) is 0 Å². The molecule has 96 valence electrons. The number of carboxylic acid groups (broad SMARTS) is 1. The molecule has 0 spiro atoms. The van der Waals surface area contributed by atoms with Gasteiger partial charge in [0, 0.05) is 17.3 Å². The molecule has 6 nitrogen and oxygen atoms in total. The third kappa shape index (κ3) is 1.90. The molecule has 0 saturated heterocycles. The van der Waals surface area contributed by atoms with E-state index in [9.17, 15) is 20.0 Å². The Labute approximate surface area is 104 Å². The van der Waals surface area contributed by atoms with E-state index >= 15 is 0 Å². The number of nitrogens with zero attached hydrogens (tertiary/aromatic N) is 1. The lowest BCUT2D eigenvalue weighted by atomic mass is 9.76. The van der Waals surface area contributed by atoms with Gasteiger partial charge in [-0.05, 0) is 32.3 Å². The van der Waals surface area contributed by atoms with E-state index in [0.717, 1.165) is 6.42 Å². The molecule has 1 aliphatic carbocycles. The van der Waals surface area contributed by atoms with E-state index in [2.05, 4.69) is 5.32 Å². The summed E-state index contributed by atoms with van der Waals surface area (Å²) in [6.07, 6.45) is 1.95. The van der Waals surface area contributed by atoms with Crippen molar-refractivity contribution in [2.75, 3.05) is 5.32 Å². The molecule has 18 heavy (non-hydrogen) atoms. The maximum absolute atomic E-state index is 11.2. The van der Waals surface area contributed by atoms with Gasteiger partial charge in [0.15, 0.2) is 0 Å². The Morgan fingerprint density at radius 2 is 2.17 bits per heavy atom. The largest absolute Gasteiger partial charge is 0.480 e. The monoisotopic (exact) mass is 250 g/mol. The van der Waals surface area contributed by atoms with Gasteiger partial charge < -0.3 is 10.4 Å². The minimum absolute atomic E-state index is 0.000128. The molecule has 6 heteroatoms. The van der Waals surface area contributed by atoms with Crippen molar-refractivity contribution < 1.29 is 14.8 Å². The highest BCUT2D eigenvalue weighted by Gasteiger charge is 2.44. The molecule has 0 amide bonds. The summed E-state index contributed by atoms with van der Waals surface area (Å²) in [5, 5.41) is 23.0. The lowest BCUT2D eigenvalue weighted by Crippen LogP contribution is -2.52. The van der Waals surface area contributed by atoms with E-state index in [4.69, 9.17) is 0 Å². The van der Waals surface area contributed by atoms with Crippen LogP contribution in [-0.2, 0) is 4.79 Å². The molecule has 0 aromatic heterocycles. The van der Waals surface area contributed by atoms with Gasteiger partial charge in [0.05, 0.1) is 4.92 Å². The molecule has 0 atom stereocenters. The Morgan fingerprint density at radius 1 is 1.50 bits per heavy atom. The van der Waals surface area contributed by atoms with Crippen LogP contribution in [0.5, 0.6) is 0 Å². The number of aliphatic carboxylic acids is 1. The van der Waals surface area contributed by atoms with E-state index < -0.39 is 16.4 Å². The zero-order valence-electron chi connectivity index (χ0n) is 9.97. The SMILES string of the molecule is Cc1c(NC2(C(=O)O)CCC2)cccc1[N+](=O)[O-]. The van der Waals surface area contributed by atoms with Gasteiger partial charge in [0.2, 0.25) is 0 Å². The number of nitro benzene ring substituents is 1. The summed E-state index contributed by atoms with van der Waals surface area (Å²) >= 11 is 0. The number of benzene rings is 1. The Kier molecular flexibility index (Phi) is 2.94. The maximum Gasteiger partial charge on any atom is 0.329 e. The quantitative estimate of drug-likeness (QED) is 0.632. The zero-order valence-corrected chi connectivity index (χ0v) is 9.97. The fourth-order valence-corrected chi connectivity index (χ4v) is 2.14. The number of carbonyl (C=O) groups is 1. The van der Waals surface area contributed by atoms with Crippen LogP contribution in [0, 0.1) is 17.0 Å². The molecule has 0 heterocycles. The van der Waals surface area contributed by atoms with Crippen molar-refractivity contribution in [3.05, 3.63) is 33.9 Å². The highest BCUT2D eigenvalue weighted by molar-refractivity contribution is 5.84. The minimum atomic E-state index is -0.958. The van der Waals surface area contributed by atoms with Crippen molar-refractivity contribution in [2.45, 2.75) is 31.7 Å². The number of hydrogen-bond donors (Lipinski definition) is 2. The number of rotatable bonds is 4. The minimum Gasteiger partial charge on any atom is -0.480 e. The number of hydrogen-bond acceptors (Lipinski definition) is 4. The van der Waals surface area contributed by atoms with Crippen LogP contribution in [0.3, 0.4) is 0 Å². The highest BCUT2D eigenvalue weighted by atomic mass is 16.6. The summed E-state index contributed by atoms with van der Waals surface area (Å²) < 4.78 is 0. The molecule has 0 aliphatic heterocycles. The lowest BCUT2D eigenvalue weighted by molar-refractivity contribution is -0.385. The molecule has 0 radical (unpaired) electrons. The average molecular weight is 250 g/mol. The number of nitrogens with one attached hydrogen (secondary N) is 1.